The number of carbonyl (C=O) groups excluding carboxylic acids is 2. The lowest BCUT2D eigenvalue weighted by Crippen LogP contribution is -2.37. The van der Waals surface area contributed by atoms with Crippen LogP contribution in [-0.2, 0) is 17.9 Å². The molecule has 2 heterocycles. The molecular weight excluding hydrogens is 340 g/mol. The molecule has 4 rings (SSSR count). The van der Waals surface area contributed by atoms with Gasteiger partial charge >= 0.3 is 0 Å². The van der Waals surface area contributed by atoms with Gasteiger partial charge in [-0.05, 0) is 17.7 Å². The summed E-state index contributed by atoms with van der Waals surface area (Å²) in [5.41, 5.74) is 3.23. The Morgan fingerprint density at radius 1 is 0.963 bits per heavy atom. The number of fused-ring (bicyclic) bond motifs is 1. The lowest BCUT2D eigenvalue weighted by molar-refractivity contribution is -0.119. The summed E-state index contributed by atoms with van der Waals surface area (Å²) in [6.07, 6.45) is 3.51. The minimum atomic E-state index is -0.143. The van der Waals surface area contributed by atoms with Crippen molar-refractivity contribution in [3.8, 4) is 0 Å². The standard InChI is InChI=1S/C21H20N4O2/c1-23-19-10-6-5-9-18(19)21(27)24(14-20(23)26)13-17-11-22-15-25(17)12-16-7-3-2-4-8-16/h2-11,15H,12-14H2,1H3. The number of amides is 2. The van der Waals surface area contributed by atoms with Crippen molar-refractivity contribution in [3.05, 3.63) is 83.9 Å². The van der Waals surface area contributed by atoms with Crippen molar-refractivity contribution < 1.29 is 9.59 Å². The Hall–Kier alpha value is -3.41. The summed E-state index contributed by atoms with van der Waals surface area (Å²) in [5.74, 6) is -0.252. The fraction of sp³-hybridized carbons (Fsp3) is 0.190. The van der Waals surface area contributed by atoms with E-state index in [2.05, 4.69) is 17.1 Å². The van der Waals surface area contributed by atoms with Crippen molar-refractivity contribution in [1.82, 2.24) is 14.5 Å². The first-order valence-corrected chi connectivity index (χ1v) is 8.81. The van der Waals surface area contributed by atoms with Crippen molar-refractivity contribution in [2.75, 3.05) is 18.5 Å². The van der Waals surface area contributed by atoms with Crippen molar-refractivity contribution in [3.63, 3.8) is 0 Å². The Balaban J connectivity index is 1.61. The zero-order valence-corrected chi connectivity index (χ0v) is 15.1. The number of hydrogen-bond acceptors (Lipinski definition) is 3. The van der Waals surface area contributed by atoms with Gasteiger partial charge in [-0.1, -0.05) is 42.5 Å². The van der Waals surface area contributed by atoms with Crippen molar-refractivity contribution in [2.45, 2.75) is 13.1 Å². The summed E-state index contributed by atoms with van der Waals surface area (Å²) in [7, 11) is 1.71. The molecule has 0 saturated heterocycles. The van der Waals surface area contributed by atoms with Crippen molar-refractivity contribution >= 4 is 17.5 Å². The summed E-state index contributed by atoms with van der Waals surface area (Å²) in [6, 6.07) is 17.3. The van der Waals surface area contributed by atoms with Gasteiger partial charge < -0.3 is 14.4 Å². The second-order valence-electron chi connectivity index (χ2n) is 6.63. The number of nitrogens with zero attached hydrogens (tertiary/aromatic N) is 4. The zero-order chi connectivity index (χ0) is 18.8. The number of likely N-dealkylation sites (N-methyl/N-ethyl adjacent to an activating group) is 1. The fourth-order valence-corrected chi connectivity index (χ4v) is 3.32. The van der Waals surface area contributed by atoms with Crippen LogP contribution in [0.1, 0.15) is 21.6 Å². The van der Waals surface area contributed by atoms with Gasteiger partial charge in [-0.25, -0.2) is 4.98 Å². The summed E-state index contributed by atoms with van der Waals surface area (Å²) < 4.78 is 2.01. The molecule has 6 heteroatoms. The highest BCUT2D eigenvalue weighted by atomic mass is 16.2. The van der Waals surface area contributed by atoms with Gasteiger partial charge in [0, 0.05) is 19.8 Å². The first-order valence-electron chi connectivity index (χ1n) is 8.81. The van der Waals surface area contributed by atoms with E-state index in [9.17, 15) is 9.59 Å². The minimum absolute atomic E-state index is 0.0422. The molecule has 0 bridgehead atoms. The second kappa shape index (κ2) is 7.07. The van der Waals surface area contributed by atoms with E-state index in [0.29, 0.717) is 24.3 Å². The maximum Gasteiger partial charge on any atom is 0.256 e. The Morgan fingerprint density at radius 2 is 1.70 bits per heavy atom. The van der Waals surface area contributed by atoms with Gasteiger partial charge in [0.2, 0.25) is 5.91 Å². The number of imidazole rings is 1. The van der Waals surface area contributed by atoms with Crippen molar-refractivity contribution in [2.24, 2.45) is 0 Å². The fourth-order valence-electron chi connectivity index (χ4n) is 3.32. The molecule has 27 heavy (non-hydrogen) atoms. The van der Waals surface area contributed by atoms with E-state index < -0.39 is 0 Å². The molecule has 0 N–H and O–H groups in total. The molecule has 0 aliphatic carbocycles. The van der Waals surface area contributed by atoms with Crippen LogP contribution in [0.25, 0.3) is 0 Å². The molecule has 3 aromatic rings. The number of aromatic nitrogens is 2. The number of benzene rings is 2. The van der Waals surface area contributed by atoms with Crippen molar-refractivity contribution in [1.29, 1.82) is 0 Å². The van der Waals surface area contributed by atoms with Gasteiger partial charge in [0.15, 0.2) is 0 Å². The predicted molar refractivity (Wildman–Crippen MR) is 102 cm³/mol. The zero-order valence-electron chi connectivity index (χ0n) is 15.1. The highest BCUT2D eigenvalue weighted by Crippen LogP contribution is 2.25. The maximum atomic E-state index is 13.0. The van der Waals surface area contributed by atoms with Crippen LogP contribution in [0.3, 0.4) is 0 Å². The van der Waals surface area contributed by atoms with E-state index in [4.69, 9.17) is 0 Å². The van der Waals surface area contributed by atoms with E-state index in [1.165, 1.54) is 0 Å². The Kier molecular flexibility index (Phi) is 4.46. The van der Waals surface area contributed by atoms with Gasteiger partial charge in [-0.3, -0.25) is 9.59 Å². The van der Waals surface area contributed by atoms with Crippen LogP contribution in [0.15, 0.2) is 67.1 Å². The molecule has 1 aromatic heterocycles. The quantitative estimate of drug-likeness (QED) is 0.718. The van der Waals surface area contributed by atoms with Crippen LogP contribution < -0.4 is 4.90 Å². The van der Waals surface area contributed by atoms with Gasteiger partial charge in [0.25, 0.3) is 5.91 Å². The van der Waals surface area contributed by atoms with Gasteiger partial charge in [0.05, 0.1) is 29.8 Å². The summed E-state index contributed by atoms with van der Waals surface area (Å²) in [6.45, 7) is 1.04. The molecular formula is C21H20N4O2. The summed E-state index contributed by atoms with van der Waals surface area (Å²) in [4.78, 5) is 33.0. The largest absolute Gasteiger partial charge is 0.329 e. The molecule has 2 aromatic carbocycles. The van der Waals surface area contributed by atoms with Crippen LogP contribution in [0, 0.1) is 0 Å². The molecule has 6 nitrogen and oxygen atoms in total. The summed E-state index contributed by atoms with van der Waals surface area (Å²) in [5, 5.41) is 0. The number of rotatable bonds is 4. The normalized spacial score (nSPS) is 14.3. The Bertz CT molecular complexity index is 981. The van der Waals surface area contributed by atoms with Gasteiger partial charge in [-0.2, -0.15) is 0 Å². The highest BCUT2D eigenvalue weighted by molar-refractivity contribution is 6.09. The molecule has 136 valence electrons. The van der Waals surface area contributed by atoms with E-state index in [1.807, 2.05) is 34.9 Å². The molecule has 0 fully saturated rings. The SMILES string of the molecule is CN1C(=O)CN(Cc2cncn2Cc2ccccc2)C(=O)c2ccccc21. The molecule has 0 radical (unpaired) electrons. The van der Waals surface area contributed by atoms with Crippen LogP contribution >= 0.6 is 0 Å². The van der Waals surface area contributed by atoms with Crippen LogP contribution in [0.5, 0.6) is 0 Å². The smallest absolute Gasteiger partial charge is 0.256 e. The number of carbonyl (C=O) groups is 2. The molecule has 2 amide bonds. The minimum Gasteiger partial charge on any atom is -0.329 e. The average Bonchev–Trinajstić information content (AvgIpc) is 3.10. The monoisotopic (exact) mass is 360 g/mol. The third kappa shape index (κ3) is 3.33. The first kappa shape index (κ1) is 17.0. The molecule has 1 aliphatic heterocycles. The topological polar surface area (TPSA) is 58.4 Å². The lowest BCUT2D eigenvalue weighted by Gasteiger charge is -2.21. The van der Waals surface area contributed by atoms with E-state index >= 15 is 0 Å². The average molecular weight is 360 g/mol. The van der Waals surface area contributed by atoms with Crippen LogP contribution in [-0.4, -0.2) is 39.9 Å². The number of anilines is 1. The molecule has 0 atom stereocenters. The highest BCUT2D eigenvalue weighted by Gasteiger charge is 2.29. The molecule has 0 unspecified atom stereocenters. The molecule has 0 saturated carbocycles. The molecule has 1 aliphatic rings. The van der Waals surface area contributed by atoms with E-state index in [1.54, 1.807) is 41.5 Å². The van der Waals surface area contributed by atoms with E-state index in [0.717, 1.165) is 11.3 Å². The second-order valence-corrected chi connectivity index (χ2v) is 6.63. The Morgan fingerprint density at radius 3 is 2.52 bits per heavy atom. The third-order valence-electron chi connectivity index (χ3n) is 4.83. The predicted octanol–water partition coefficient (Wildman–Crippen LogP) is 2.55. The van der Waals surface area contributed by atoms with Gasteiger partial charge in [-0.15, -0.1) is 0 Å². The maximum absolute atomic E-state index is 13.0. The van der Waals surface area contributed by atoms with Crippen LogP contribution in [0.4, 0.5) is 5.69 Å². The third-order valence-corrected chi connectivity index (χ3v) is 4.83. The van der Waals surface area contributed by atoms with E-state index in [-0.39, 0.29) is 18.4 Å². The summed E-state index contributed by atoms with van der Waals surface area (Å²) >= 11 is 0. The van der Waals surface area contributed by atoms with Crippen LogP contribution in [0.2, 0.25) is 0 Å². The Labute approximate surface area is 157 Å². The number of para-hydroxylation sites is 1. The molecule has 0 spiro atoms. The first-order chi connectivity index (χ1) is 13.1. The lowest BCUT2D eigenvalue weighted by atomic mass is 10.1. The van der Waals surface area contributed by atoms with Gasteiger partial charge in [0.1, 0.15) is 6.54 Å². The number of hydrogen-bond donors (Lipinski definition) is 0.